The van der Waals surface area contributed by atoms with Crippen LogP contribution in [0, 0.1) is 6.92 Å². The van der Waals surface area contributed by atoms with Crippen molar-refractivity contribution < 1.29 is 14.7 Å². The number of aryl methyl sites for hydroxylation is 1. The lowest BCUT2D eigenvalue weighted by atomic mass is 10.1. The maximum absolute atomic E-state index is 11.9. The molecule has 0 saturated heterocycles. The summed E-state index contributed by atoms with van der Waals surface area (Å²) >= 11 is 3.33. The number of benzene rings is 2. The van der Waals surface area contributed by atoms with E-state index >= 15 is 0 Å². The summed E-state index contributed by atoms with van der Waals surface area (Å²) in [6.07, 6.45) is 0. The predicted molar refractivity (Wildman–Crippen MR) is 96.0 cm³/mol. The monoisotopic (exact) mass is 389 g/mol. The number of nitrogens with zero attached hydrogens (tertiary/aromatic N) is 1. The van der Waals surface area contributed by atoms with Gasteiger partial charge in [-0.15, -0.1) is 0 Å². The molecule has 0 bridgehead atoms. The summed E-state index contributed by atoms with van der Waals surface area (Å²) in [6.45, 7) is 3.51. The second-order valence-electron chi connectivity index (χ2n) is 5.10. The SMILES string of the molecule is C/C(=N\NC(=O)C(=O)Nc1ccc(Br)cc1C)c1ccc(O)cc1. The number of phenolic OH excluding ortho intramolecular Hbond substituents is 1. The molecule has 2 aromatic carbocycles. The number of nitrogens with one attached hydrogen (secondary N) is 2. The van der Waals surface area contributed by atoms with Gasteiger partial charge in [0.15, 0.2) is 0 Å². The molecule has 0 heterocycles. The highest BCUT2D eigenvalue weighted by atomic mass is 79.9. The minimum absolute atomic E-state index is 0.139. The van der Waals surface area contributed by atoms with E-state index in [1.165, 1.54) is 12.1 Å². The molecule has 0 unspecified atom stereocenters. The van der Waals surface area contributed by atoms with Gasteiger partial charge in [0.1, 0.15) is 5.75 Å². The summed E-state index contributed by atoms with van der Waals surface area (Å²) in [5, 5.41) is 15.7. The molecular formula is C17H16BrN3O3. The molecule has 0 aliphatic carbocycles. The summed E-state index contributed by atoms with van der Waals surface area (Å²) in [5.41, 5.74) is 4.82. The molecule has 0 spiro atoms. The van der Waals surface area contributed by atoms with Gasteiger partial charge >= 0.3 is 11.8 Å². The lowest BCUT2D eigenvalue weighted by Crippen LogP contribution is -2.33. The third-order valence-corrected chi connectivity index (χ3v) is 3.75. The van der Waals surface area contributed by atoms with Crippen LogP contribution in [0.5, 0.6) is 5.75 Å². The summed E-state index contributed by atoms with van der Waals surface area (Å²) in [4.78, 5) is 23.7. The molecule has 2 amide bonds. The maximum Gasteiger partial charge on any atom is 0.329 e. The zero-order valence-corrected chi connectivity index (χ0v) is 14.7. The van der Waals surface area contributed by atoms with Crippen LogP contribution in [0.2, 0.25) is 0 Å². The first kappa shape index (κ1) is 17.7. The third-order valence-electron chi connectivity index (χ3n) is 3.25. The minimum atomic E-state index is -0.865. The summed E-state index contributed by atoms with van der Waals surface area (Å²) < 4.78 is 0.886. The fourth-order valence-corrected chi connectivity index (χ4v) is 2.37. The van der Waals surface area contributed by atoms with Crippen LogP contribution in [-0.4, -0.2) is 22.6 Å². The average molecular weight is 390 g/mol. The van der Waals surface area contributed by atoms with Crippen molar-refractivity contribution in [2.24, 2.45) is 5.10 Å². The van der Waals surface area contributed by atoms with Gasteiger partial charge in [0, 0.05) is 10.2 Å². The van der Waals surface area contributed by atoms with Gasteiger partial charge in [-0.2, -0.15) is 5.10 Å². The predicted octanol–water partition coefficient (Wildman–Crippen LogP) is 2.94. The van der Waals surface area contributed by atoms with Crippen LogP contribution in [0.15, 0.2) is 52.0 Å². The van der Waals surface area contributed by atoms with Crippen molar-refractivity contribution >= 4 is 39.1 Å². The lowest BCUT2D eigenvalue weighted by molar-refractivity contribution is -0.136. The number of rotatable bonds is 3. The van der Waals surface area contributed by atoms with Crippen molar-refractivity contribution in [3.05, 3.63) is 58.1 Å². The number of anilines is 1. The molecule has 0 aliphatic heterocycles. The second-order valence-corrected chi connectivity index (χ2v) is 6.01. The first-order chi connectivity index (χ1) is 11.4. The van der Waals surface area contributed by atoms with Crippen LogP contribution < -0.4 is 10.7 Å². The average Bonchev–Trinajstić information content (AvgIpc) is 2.55. The molecule has 3 N–H and O–H groups in total. The second kappa shape index (κ2) is 7.74. The highest BCUT2D eigenvalue weighted by Crippen LogP contribution is 2.19. The lowest BCUT2D eigenvalue weighted by Gasteiger charge is -2.08. The van der Waals surface area contributed by atoms with Gasteiger partial charge in [0.05, 0.1) is 5.71 Å². The van der Waals surface area contributed by atoms with Gasteiger partial charge < -0.3 is 10.4 Å². The van der Waals surface area contributed by atoms with Gasteiger partial charge in [-0.05, 0) is 67.4 Å². The Bertz CT molecular complexity index is 801. The molecule has 24 heavy (non-hydrogen) atoms. The van der Waals surface area contributed by atoms with Gasteiger partial charge in [0.2, 0.25) is 0 Å². The topological polar surface area (TPSA) is 90.8 Å². The van der Waals surface area contributed by atoms with Crippen LogP contribution in [0.4, 0.5) is 5.69 Å². The Morgan fingerprint density at radius 1 is 1.08 bits per heavy atom. The molecular weight excluding hydrogens is 374 g/mol. The Labute approximate surface area is 147 Å². The molecule has 0 saturated carbocycles. The number of amides is 2. The van der Waals surface area contributed by atoms with Crippen LogP contribution in [0.3, 0.4) is 0 Å². The molecule has 0 atom stereocenters. The largest absolute Gasteiger partial charge is 0.508 e. The van der Waals surface area contributed by atoms with E-state index in [9.17, 15) is 14.7 Å². The van der Waals surface area contributed by atoms with E-state index < -0.39 is 11.8 Å². The van der Waals surface area contributed by atoms with Gasteiger partial charge in [-0.25, -0.2) is 5.43 Å². The number of aromatic hydroxyl groups is 1. The van der Waals surface area contributed by atoms with Gasteiger partial charge in [-0.3, -0.25) is 9.59 Å². The Balaban J connectivity index is 1.99. The van der Waals surface area contributed by atoms with Crippen LogP contribution in [0.1, 0.15) is 18.1 Å². The highest BCUT2D eigenvalue weighted by Gasteiger charge is 2.14. The molecule has 6 nitrogen and oxygen atoms in total. The Hall–Kier alpha value is -2.67. The van der Waals surface area contributed by atoms with Crippen molar-refractivity contribution in [3.63, 3.8) is 0 Å². The highest BCUT2D eigenvalue weighted by molar-refractivity contribution is 9.10. The molecule has 2 rings (SSSR count). The summed E-state index contributed by atoms with van der Waals surface area (Å²) in [7, 11) is 0. The fourth-order valence-electron chi connectivity index (χ4n) is 1.90. The van der Waals surface area contributed by atoms with E-state index in [4.69, 9.17) is 0 Å². The van der Waals surface area contributed by atoms with Crippen molar-refractivity contribution in [2.75, 3.05) is 5.32 Å². The van der Waals surface area contributed by atoms with Gasteiger partial charge in [-0.1, -0.05) is 15.9 Å². The number of carbonyl (C=O) groups is 2. The zero-order valence-electron chi connectivity index (χ0n) is 13.1. The van der Waals surface area contributed by atoms with E-state index in [0.717, 1.165) is 15.6 Å². The van der Waals surface area contributed by atoms with Crippen LogP contribution in [-0.2, 0) is 9.59 Å². The first-order valence-corrected chi connectivity index (χ1v) is 7.87. The number of phenols is 1. The molecule has 0 radical (unpaired) electrons. The molecule has 2 aromatic rings. The summed E-state index contributed by atoms with van der Waals surface area (Å²) in [5.74, 6) is -1.53. The smallest absolute Gasteiger partial charge is 0.329 e. The van der Waals surface area contributed by atoms with Crippen LogP contribution >= 0.6 is 15.9 Å². The normalized spacial score (nSPS) is 11.0. The molecule has 0 aliphatic rings. The van der Waals surface area contributed by atoms with E-state index in [1.54, 1.807) is 31.2 Å². The van der Waals surface area contributed by atoms with Crippen molar-refractivity contribution in [1.29, 1.82) is 0 Å². The fraction of sp³-hybridized carbons (Fsp3) is 0.118. The van der Waals surface area contributed by atoms with Gasteiger partial charge in [0.25, 0.3) is 0 Å². The first-order valence-electron chi connectivity index (χ1n) is 7.08. The van der Waals surface area contributed by atoms with Crippen molar-refractivity contribution in [1.82, 2.24) is 5.43 Å². The summed E-state index contributed by atoms with van der Waals surface area (Å²) in [6, 6.07) is 11.7. The third kappa shape index (κ3) is 4.66. The molecule has 0 aromatic heterocycles. The van der Waals surface area contributed by atoms with Crippen LogP contribution in [0.25, 0.3) is 0 Å². The Morgan fingerprint density at radius 2 is 1.75 bits per heavy atom. The van der Waals surface area contributed by atoms with E-state index in [0.29, 0.717) is 11.4 Å². The van der Waals surface area contributed by atoms with E-state index in [2.05, 4.69) is 31.8 Å². The Kier molecular flexibility index (Phi) is 5.70. The zero-order chi connectivity index (χ0) is 17.7. The number of carbonyl (C=O) groups excluding carboxylic acids is 2. The minimum Gasteiger partial charge on any atom is -0.508 e. The Morgan fingerprint density at radius 3 is 2.38 bits per heavy atom. The van der Waals surface area contributed by atoms with E-state index in [1.807, 2.05) is 13.0 Å². The number of hydrogen-bond donors (Lipinski definition) is 3. The number of hydrogen-bond acceptors (Lipinski definition) is 4. The van der Waals surface area contributed by atoms with E-state index in [-0.39, 0.29) is 5.75 Å². The standard InChI is InChI=1S/C17H16BrN3O3/c1-10-9-13(18)5-8-15(10)19-16(23)17(24)21-20-11(2)12-3-6-14(22)7-4-12/h3-9,22H,1-2H3,(H,19,23)(H,21,24)/b20-11+. The number of halogens is 1. The molecule has 124 valence electrons. The van der Waals surface area contributed by atoms with Crippen molar-refractivity contribution in [3.8, 4) is 5.75 Å². The molecule has 7 heteroatoms. The quantitative estimate of drug-likeness (QED) is 0.428. The van der Waals surface area contributed by atoms with Crippen molar-refractivity contribution in [2.45, 2.75) is 13.8 Å². The number of hydrazone groups is 1. The molecule has 0 fully saturated rings. The maximum atomic E-state index is 11.9.